The molecule has 0 spiro atoms. The number of amides is 3. The summed E-state index contributed by atoms with van der Waals surface area (Å²) in [6.45, 7) is 7.84. The van der Waals surface area contributed by atoms with E-state index in [0.717, 1.165) is 37.8 Å². The van der Waals surface area contributed by atoms with Crippen molar-refractivity contribution in [2.45, 2.75) is 79.4 Å². The molecular formula is C39H45BF3N5O7. The maximum atomic E-state index is 15.9. The van der Waals surface area contributed by atoms with E-state index in [1.807, 2.05) is 26.3 Å². The third-order valence-corrected chi connectivity index (χ3v) is 8.99. The molecule has 0 aliphatic carbocycles. The Morgan fingerprint density at radius 3 is 2.29 bits per heavy atom. The molecule has 0 fully saturated rings. The fraction of sp³-hybridized carbons (Fsp3) is 0.359. The van der Waals surface area contributed by atoms with Crippen molar-refractivity contribution < 1.29 is 51.0 Å². The van der Waals surface area contributed by atoms with Gasteiger partial charge in [-0.05, 0) is 114 Å². The predicted molar refractivity (Wildman–Crippen MR) is 200 cm³/mol. The first kappa shape index (κ1) is 40.4. The number of nitrogens with one attached hydrogen (secondary N) is 3. The number of ether oxygens (including phenoxy) is 2. The summed E-state index contributed by atoms with van der Waals surface area (Å²) in [5.41, 5.74) is 6.15. The van der Waals surface area contributed by atoms with E-state index in [0.29, 0.717) is 47.0 Å². The minimum atomic E-state index is -4.10. The van der Waals surface area contributed by atoms with Crippen molar-refractivity contribution in [2.75, 3.05) is 13.2 Å². The Labute approximate surface area is 317 Å². The summed E-state index contributed by atoms with van der Waals surface area (Å²) < 4.78 is 58.5. The van der Waals surface area contributed by atoms with Gasteiger partial charge in [0.2, 0.25) is 5.91 Å². The van der Waals surface area contributed by atoms with Crippen LogP contribution < -0.4 is 20.9 Å². The number of halogens is 3. The van der Waals surface area contributed by atoms with Gasteiger partial charge in [0, 0.05) is 36.3 Å². The topological polar surface area (TPSA) is 140 Å². The summed E-state index contributed by atoms with van der Waals surface area (Å²) in [6.07, 6.45) is 1.49. The highest BCUT2D eigenvalue weighted by atomic mass is 19.2. The van der Waals surface area contributed by atoms with Crippen LogP contribution in [0.25, 0.3) is 5.57 Å². The van der Waals surface area contributed by atoms with Gasteiger partial charge in [-0.1, -0.05) is 12.1 Å². The summed E-state index contributed by atoms with van der Waals surface area (Å²) in [6, 6.07) is 12.0. The molecule has 0 radical (unpaired) electrons. The molecule has 0 saturated heterocycles. The van der Waals surface area contributed by atoms with Crippen LogP contribution in [0, 0.1) is 19.7 Å². The lowest BCUT2D eigenvalue weighted by molar-refractivity contribution is -0.363. The molecule has 292 valence electrons. The summed E-state index contributed by atoms with van der Waals surface area (Å²) in [7, 11) is 0. The van der Waals surface area contributed by atoms with E-state index in [9.17, 15) is 23.6 Å². The third-order valence-electron chi connectivity index (χ3n) is 8.99. The molecule has 3 N–H and O–H groups in total. The molecule has 1 atom stereocenters. The van der Waals surface area contributed by atoms with Crippen molar-refractivity contribution in [3.05, 3.63) is 106 Å². The zero-order valence-corrected chi connectivity index (χ0v) is 31.8. The van der Waals surface area contributed by atoms with Gasteiger partial charge < -0.3 is 42.5 Å². The normalized spacial score (nSPS) is 15.1. The van der Waals surface area contributed by atoms with Crippen LogP contribution >= 0.6 is 0 Å². The third kappa shape index (κ3) is 9.48. The first-order valence-electron chi connectivity index (χ1n) is 17.9. The molecule has 3 amide bonds. The molecule has 0 unspecified atom stereocenters. The van der Waals surface area contributed by atoms with Gasteiger partial charge in [0.15, 0.2) is 5.70 Å². The second-order valence-electron chi connectivity index (χ2n) is 14.6. The number of hydroxylamine groups is 1. The van der Waals surface area contributed by atoms with E-state index in [2.05, 4.69) is 10.6 Å². The fourth-order valence-electron chi connectivity index (χ4n) is 6.83. The van der Waals surface area contributed by atoms with Crippen molar-refractivity contribution in [1.29, 1.82) is 0 Å². The van der Waals surface area contributed by atoms with E-state index in [-0.39, 0.29) is 18.6 Å². The minimum absolute atomic E-state index is 0.00769. The maximum Gasteiger partial charge on any atom is 0.737 e. The van der Waals surface area contributed by atoms with Gasteiger partial charge >= 0.3 is 19.0 Å². The molecule has 5 rings (SSSR count). The van der Waals surface area contributed by atoms with Gasteiger partial charge in [0.05, 0.1) is 18.7 Å². The zero-order valence-electron chi connectivity index (χ0n) is 31.8. The number of benzene rings is 2. The Hall–Kier alpha value is -5.80. The highest BCUT2D eigenvalue weighted by Gasteiger charge is 2.54. The number of fused-ring (bicyclic) bond motifs is 2. The lowest BCUT2D eigenvalue weighted by Crippen LogP contribution is -2.51. The Bertz CT molecular complexity index is 2080. The highest BCUT2D eigenvalue weighted by molar-refractivity contribution is 6.58. The first-order valence-corrected chi connectivity index (χ1v) is 17.9. The molecular weight excluding hydrogens is 718 g/mol. The molecule has 16 heteroatoms. The van der Waals surface area contributed by atoms with Crippen molar-refractivity contribution in [3.63, 3.8) is 0 Å². The van der Waals surface area contributed by atoms with Gasteiger partial charge in [-0.25, -0.2) is 14.0 Å². The molecule has 12 nitrogen and oxygen atoms in total. The number of carbonyl (C=O) groups excluding carboxylic acids is 4. The lowest BCUT2D eigenvalue weighted by Gasteiger charge is -2.34. The zero-order chi connectivity index (χ0) is 40.2. The Morgan fingerprint density at radius 1 is 0.964 bits per heavy atom. The van der Waals surface area contributed by atoms with E-state index in [1.165, 1.54) is 12.1 Å². The number of aromatic nitrogens is 1. The van der Waals surface area contributed by atoms with Gasteiger partial charge in [-0.2, -0.15) is 5.48 Å². The van der Waals surface area contributed by atoms with Gasteiger partial charge in [0.1, 0.15) is 28.9 Å². The summed E-state index contributed by atoms with van der Waals surface area (Å²) in [4.78, 5) is 55.7. The fourth-order valence-corrected chi connectivity index (χ4v) is 6.83. The van der Waals surface area contributed by atoms with Crippen LogP contribution in [0.1, 0.15) is 80.3 Å². The molecule has 0 bridgehead atoms. The van der Waals surface area contributed by atoms with Crippen molar-refractivity contribution in [1.82, 2.24) is 20.6 Å². The number of rotatable bonds is 12. The number of hydrogen-bond donors (Lipinski definition) is 3. The summed E-state index contributed by atoms with van der Waals surface area (Å²) >= 11 is 0. The standard InChI is InChI=1S/C39H45BF3N5O7/c1-23-19-25(3)47-34(23)31(35-24(2)20-26(4)48(35)40(47,42)43)9-8-18-53-38(52)45-32(21-27-10-16-30(17-11-27)54-39(5,6)7)36(50)44-22-33(49)46-55-37(51)28-12-14-29(41)15-13-28/h10-17,19-20,32H,8-9,18,21-22H2,1-7H3,(H,44,50)(H,45,52)(H,46,49)/t32-/m0/s1. The van der Waals surface area contributed by atoms with E-state index in [4.69, 9.17) is 14.3 Å². The monoisotopic (exact) mass is 763 g/mol. The minimum Gasteiger partial charge on any atom is -0.488 e. The summed E-state index contributed by atoms with van der Waals surface area (Å²) in [5, 5.41) is 4.98. The second-order valence-corrected chi connectivity index (χ2v) is 14.6. The highest BCUT2D eigenvalue weighted by Crippen LogP contribution is 2.43. The number of carbonyl (C=O) groups is 4. The lowest BCUT2D eigenvalue weighted by atomic mass is 9.85. The molecule has 3 aromatic rings. The van der Waals surface area contributed by atoms with Crippen LogP contribution in [-0.4, -0.2) is 70.3 Å². The van der Waals surface area contributed by atoms with Gasteiger partial charge in [-0.15, -0.1) is 0 Å². The molecule has 3 heterocycles. The Balaban J connectivity index is 1.22. The SMILES string of the molecule is CC1=CC(C)=[N+]2C1=C(CCCOC(=O)N[C@@H](Cc1ccc(OC(C)(C)C)cc1)C(=O)NCC(=O)NOC(=O)c1ccc(F)cc1)c1c(C)cc(C)n1[B-]2(F)F. The van der Waals surface area contributed by atoms with Crippen LogP contribution in [0.15, 0.2) is 71.9 Å². The first-order chi connectivity index (χ1) is 25.9. The van der Waals surface area contributed by atoms with Crippen molar-refractivity contribution >= 4 is 42.1 Å². The average molecular weight is 764 g/mol. The van der Waals surface area contributed by atoms with Crippen LogP contribution in [0.4, 0.5) is 17.8 Å². The molecule has 55 heavy (non-hydrogen) atoms. The van der Waals surface area contributed by atoms with E-state index >= 15 is 8.63 Å². The summed E-state index contributed by atoms with van der Waals surface area (Å²) in [5.74, 6) is -2.50. The van der Waals surface area contributed by atoms with Gasteiger partial charge in [-0.3, -0.25) is 9.59 Å². The van der Waals surface area contributed by atoms with E-state index in [1.54, 1.807) is 64.1 Å². The smallest absolute Gasteiger partial charge is 0.488 e. The van der Waals surface area contributed by atoms with E-state index < -0.39 is 54.9 Å². The second kappa shape index (κ2) is 16.3. The van der Waals surface area contributed by atoms with Crippen LogP contribution in [-0.2, 0) is 25.6 Å². The molecule has 0 saturated carbocycles. The number of nitrogens with zero attached hydrogens (tertiary/aromatic N) is 2. The van der Waals surface area contributed by atoms with Crippen LogP contribution in [0.3, 0.4) is 0 Å². The predicted octanol–water partition coefficient (Wildman–Crippen LogP) is 5.92. The van der Waals surface area contributed by atoms with Crippen LogP contribution in [0.5, 0.6) is 5.75 Å². The number of aryl methyl sites for hydroxylation is 2. The van der Waals surface area contributed by atoms with Crippen LogP contribution in [0.2, 0.25) is 0 Å². The molecule has 2 aliphatic heterocycles. The Kier molecular flexibility index (Phi) is 12.0. The van der Waals surface area contributed by atoms with Gasteiger partial charge in [0.25, 0.3) is 5.91 Å². The van der Waals surface area contributed by atoms with Crippen molar-refractivity contribution in [2.24, 2.45) is 0 Å². The number of hydrogen-bond acceptors (Lipinski definition) is 7. The van der Waals surface area contributed by atoms with Crippen molar-refractivity contribution in [3.8, 4) is 5.75 Å². The average Bonchev–Trinajstić information content (AvgIpc) is 3.59. The maximum absolute atomic E-state index is 15.9. The quantitative estimate of drug-likeness (QED) is 0.118. The molecule has 2 aliphatic rings. The largest absolute Gasteiger partial charge is 0.737 e. The molecule has 1 aromatic heterocycles. The molecule has 2 aromatic carbocycles. The number of alkyl carbamates (subject to hydrolysis) is 1. The number of allylic oxidation sites excluding steroid dienone is 3. The Morgan fingerprint density at radius 2 is 1.64 bits per heavy atom.